The van der Waals surface area contributed by atoms with E-state index < -0.39 is 0 Å². The van der Waals surface area contributed by atoms with E-state index in [4.69, 9.17) is 9.47 Å². The summed E-state index contributed by atoms with van der Waals surface area (Å²) >= 11 is 0. The maximum absolute atomic E-state index is 13.0. The number of ketones is 1. The molecule has 0 bridgehead atoms. The molecule has 0 saturated carbocycles. The van der Waals surface area contributed by atoms with E-state index in [0.29, 0.717) is 30.2 Å². The largest absolute Gasteiger partial charge is 0.490 e. The SMILES string of the molecule is Cc1cc2c(cc1OCCOc1ccc(C=C3c4ccccc4C(=O)c4ccccc43)cc1)N=C[C@@H]1CCCN1C2=O. The summed E-state index contributed by atoms with van der Waals surface area (Å²) in [7, 11) is 0. The zero-order valence-corrected chi connectivity index (χ0v) is 23.4. The van der Waals surface area contributed by atoms with Gasteiger partial charge in [-0.05, 0) is 71.9 Å². The highest BCUT2D eigenvalue weighted by atomic mass is 16.5. The predicted octanol–water partition coefficient (Wildman–Crippen LogP) is 6.91. The summed E-state index contributed by atoms with van der Waals surface area (Å²) < 4.78 is 12.0. The average molecular weight is 555 g/mol. The second-order valence-electron chi connectivity index (χ2n) is 10.9. The Morgan fingerprint density at radius 1 is 0.833 bits per heavy atom. The van der Waals surface area contributed by atoms with Crippen molar-refractivity contribution in [3.63, 3.8) is 0 Å². The van der Waals surface area contributed by atoms with Crippen LogP contribution in [0.3, 0.4) is 0 Å². The van der Waals surface area contributed by atoms with Gasteiger partial charge in [0, 0.05) is 30.0 Å². The molecule has 208 valence electrons. The number of hydrogen-bond donors (Lipinski definition) is 0. The lowest BCUT2D eigenvalue weighted by molar-refractivity contribution is 0.0774. The van der Waals surface area contributed by atoms with Gasteiger partial charge in [0.2, 0.25) is 0 Å². The third-order valence-electron chi connectivity index (χ3n) is 8.19. The van der Waals surface area contributed by atoms with E-state index in [9.17, 15) is 9.59 Å². The number of hydrogen-bond acceptors (Lipinski definition) is 5. The maximum Gasteiger partial charge on any atom is 0.256 e. The average Bonchev–Trinajstić information content (AvgIpc) is 3.46. The molecule has 1 aliphatic carbocycles. The van der Waals surface area contributed by atoms with Crippen LogP contribution in [-0.2, 0) is 0 Å². The normalized spacial score (nSPS) is 16.7. The third kappa shape index (κ3) is 4.69. The van der Waals surface area contributed by atoms with Crippen LogP contribution >= 0.6 is 0 Å². The second-order valence-corrected chi connectivity index (χ2v) is 10.9. The Balaban J connectivity index is 1.02. The molecule has 6 heteroatoms. The van der Waals surface area contributed by atoms with E-state index in [2.05, 4.69) is 11.1 Å². The molecule has 0 N–H and O–H groups in total. The van der Waals surface area contributed by atoms with Crippen molar-refractivity contribution in [1.82, 2.24) is 4.90 Å². The Morgan fingerprint density at radius 3 is 2.21 bits per heavy atom. The van der Waals surface area contributed by atoms with Gasteiger partial charge in [-0.25, -0.2) is 0 Å². The molecule has 6 nitrogen and oxygen atoms in total. The number of carbonyl (C=O) groups is 2. The van der Waals surface area contributed by atoms with Gasteiger partial charge in [0.05, 0.1) is 17.3 Å². The quantitative estimate of drug-likeness (QED) is 0.214. The number of ether oxygens (including phenoxy) is 2. The molecule has 0 unspecified atom stereocenters. The van der Waals surface area contributed by atoms with Crippen LogP contribution in [0.1, 0.15) is 61.4 Å². The summed E-state index contributed by atoms with van der Waals surface area (Å²) in [5.41, 5.74) is 7.60. The Hall–Kier alpha value is -4.97. The van der Waals surface area contributed by atoms with Gasteiger partial charge < -0.3 is 14.4 Å². The van der Waals surface area contributed by atoms with Crippen molar-refractivity contribution in [3.8, 4) is 11.5 Å². The Bertz CT molecular complexity index is 1720. The van der Waals surface area contributed by atoms with Crippen LogP contribution in [-0.4, -0.2) is 48.6 Å². The van der Waals surface area contributed by atoms with E-state index in [1.165, 1.54) is 0 Å². The number of carbonyl (C=O) groups excluding carboxylic acids is 2. The van der Waals surface area contributed by atoms with Gasteiger partial charge in [-0.15, -0.1) is 0 Å². The van der Waals surface area contributed by atoms with Crippen molar-refractivity contribution in [3.05, 3.63) is 124 Å². The standard InChI is InChI=1S/C36H30N2O4/c1-23-19-32-33(37-22-25-7-6-16-38(25)36(32)40)21-34(23)42-18-17-41-26-14-12-24(13-15-26)20-31-27-8-2-4-10-29(27)35(39)30-11-5-3-9-28(30)31/h2-5,8-15,19-22,25H,6-7,16-18H2,1H3/t25-/m0/s1. The van der Waals surface area contributed by atoms with Gasteiger partial charge in [0.15, 0.2) is 5.78 Å². The highest BCUT2D eigenvalue weighted by molar-refractivity contribution is 6.20. The summed E-state index contributed by atoms with van der Waals surface area (Å²) in [4.78, 5) is 32.6. The topological polar surface area (TPSA) is 68.2 Å². The molecule has 1 amide bonds. The molecule has 0 spiro atoms. The van der Waals surface area contributed by atoms with Crippen LogP contribution in [0.5, 0.6) is 11.5 Å². The number of aryl methyl sites for hydroxylation is 1. The fourth-order valence-corrected chi connectivity index (χ4v) is 6.05. The number of benzene rings is 4. The van der Waals surface area contributed by atoms with Crippen LogP contribution in [0.25, 0.3) is 11.6 Å². The van der Waals surface area contributed by atoms with E-state index in [0.717, 1.165) is 64.1 Å². The van der Waals surface area contributed by atoms with Crippen molar-refractivity contribution in [1.29, 1.82) is 0 Å². The number of aliphatic imine (C=N–C) groups is 1. The molecule has 1 fully saturated rings. The summed E-state index contributed by atoms with van der Waals surface area (Å²) in [6, 6.07) is 27.3. The Labute approximate surface area is 244 Å². The van der Waals surface area contributed by atoms with Crippen LogP contribution < -0.4 is 9.47 Å². The van der Waals surface area contributed by atoms with Gasteiger partial charge in [-0.1, -0.05) is 60.7 Å². The molecule has 1 saturated heterocycles. The molecular weight excluding hydrogens is 524 g/mol. The van der Waals surface area contributed by atoms with Crippen molar-refractivity contribution in [2.75, 3.05) is 19.8 Å². The molecule has 42 heavy (non-hydrogen) atoms. The molecule has 4 aromatic carbocycles. The van der Waals surface area contributed by atoms with Gasteiger partial charge in [0.1, 0.15) is 24.7 Å². The number of fused-ring (bicyclic) bond motifs is 4. The van der Waals surface area contributed by atoms with Gasteiger partial charge in [0.25, 0.3) is 5.91 Å². The lowest BCUT2D eigenvalue weighted by atomic mass is 9.81. The van der Waals surface area contributed by atoms with Crippen molar-refractivity contribution in [2.24, 2.45) is 4.99 Å². The first kappa shape index (κ1) is 26.0. The summed E-state index contributed by atoms with van der Waals surface area (Å²) in [5.74, 6) is 1.56. The first-order valence-corrected chi connectivity index (χ1v) is 14.4. The first-order valence-electron chi connectivity index (χ1n) is 14.4. The van der Waals surface area contributed by atoms with E-state index in [-0.39, 0.29) is 17.7 Å². The van der Waals surface area contributed by atoms with Crippen molar-refractivity contribution in [2.45, 2.75) is 25.8 Å². The molecule has 7 rings (SSSR count). The summed E-state index contributed by atoms with van der Waals surface area (Å²) in [5, 5.41) is 0. The monoisotopic (exact) mass is 554 g/mol. The minimum atomic E-state index is 0.0486. The van der Waals surface area contributed by atoms with Crippen molar-refractivity contribution >= 4 is 35.2 Å². The smallest absolute Gasteiger partial charge is 0.256 e. The molecule has 2 aliphatic heterocycles. The zero-order valence-electron chi connectivity index (χ0n) is 23.4. The van der Waals surface area contributed by atoms with Crippen molar-refractivity contribution < 1.29 is 19.1 Å². The first-order chi connectivity index (χ1) is 20.6. The van der Waals surface area contributed by atoms with Gasteiger partial charge in [-0.2, -0.15) is 0 Å². The van der Waals surface area contributed by atoms with Crippen LogP contribution in [0.2, 0.25) is 0 Å². The van der Waals surface area contributed by atoms with Gasteiger partial charge in [-0.3, -0.25) is 14.6 Å². The zero-order chi connectivity index (χ0) is 28.6. The van der Waals surface area contributed by atoms with Crippen LogP contribution in [0.15, 0.2) is 89.9 Å². The van der Waals surface area contributed by atoms with E-state index in [1.54, 1.807) is 0 Å². The lowest BCUT2D eigenvalue weighted by Crippen LogP contribution is -2.35. The molecule has 0 radical (unpaired) electrons. The molecular formula is C36H30N2O4. The molecule has 2 heterocycles. The number of nitrogens with zero attached hydrogens (tertiary/aromatic N) is 2. The highest BCUT2D eigenvalue weighted by Gasteiger charge is 2.32. The number of rotatable bonds is 6. The van der Waals surface area contributed by atoms with Crippen LogP contribution in [0.4, 0.5) is 5.69 Å². The van der Waals surface area contributed by atoms with Gasteiger partial charge >= 0.3 is 0 Å². The lowest BCUT2D eigenvalue weighted by Gasteiger charge is -2.21. The molecule has 1 atom stereocenters. The predicted molar refractivity (Wildman–Crippen MR) is 164 cm³/mol. The third-order valence-corrected chi connectivity index (χ3v) is 8.19. The molecule has 3 aliphatic rings. The van der Waals surface area contributed by atoms with E-state index in [1.807, 2.05) is 103 Å². The summed E-state index contributed by atoms with van der Waals surface area (Å²) in [6.07, 6.45) is 5.99. The maximum atomic E-state index is 13.0. The minimum absolute atomic E-state index is 0.0486. The minimum Gasteiger partial charge on any atom is -0.490 e. The molecule has 4 aromatic rings. The number of amides is 1. The second kappa shape index (κ2) is 10.8. The van der Waals surface area contributed by atoms with Crippen LogP contribution in [0, 0.1) is 6.92 Å². The summed E-state index contributed by atoms with van der Waals surface area (Å²) in [6.45, 7) is 3.47. The Morgan fingerprint density at radius 2 is 1.50 bits per heavy atom. The highest BCUT2D eigenvalue weighted by Crippen LogP contribution is 2.37. The molecule has 0 aromatic heterocycles. The van der Waals surface area contributed by atoms with E-state index >= 15 is 0 Å². The fraction of sp³-hybridized carbons (Fsp3) is 0.194. The Kier molecular flexibility index (Phi) is 6.67. The fourth-order valence-electron chi connectivity index (χ4n) is 6.05.